The van der Waals surface area contributed by atoms with Gasteiger partial charge in [-0.05, 0) is 6.07 Å². The monoisotopic (exact) mass is 338 g/mol. The van der Waals surface area contributed by atoms with Crippen molar-refractivity contribution in [3.8, 4) is 17.3 Å². The molecule has 0 spiro atoms. The predicted octanol–water partition coefficient (Wildman–Crippen LogP) is 5.41. The Labute approximate surface area is 142 Å². The number of thiazole rings is 1. The second-order valence-electron chi connectivity index (χ2n) is 4.72. The molecule has 0 radical (unpaired) electrons. The van der Waals surface area contributed by atoms with E-state index < -0.39 is 0 Å². The van der Waals surface area contributed by atoms with Gasteiger partial charge < -0.3 is 5.11 Å². The number of hydrogen-bond donors (Lipinski definition) is 1. The Morgan fingerprint density at radius 2 is 1.78 bits per heavy atom. The van der Waals surface area contributed by atoms with Crippen molar-refractivity contribution in [3.63, 3.8) is 0 Å². The number of rotatable bonds is 3. The molecule has 5 heteroatoms. The van der Waals surface area contributed by atoms with Gasteiger partial charge in [0.2, 0.25) is 0 Å². The highest BCUT2D eigenvalue weighted by atomic mass is 35.5. The van der Waals surface area contributed by atoms with E-state index >= 15 is 0 Å². The number of benzene rings is 2. The van der Waals surface area contributed by atoms with Crippen LogP contribution in [0.1, 0.15) is 10.6 Å². The van der Waals surface area contributed by atoms with E-state index in [9.17, 15) is 10.4 Å². The van der Waals surface area contributed by atoms with Crippen LogP contribution >= 0.6 is 22.9 Å². The molecule has 3 aromatic rings. The number of aromatic nitrogens is 1. The lowest BCUT2D eigenvalue weighted by Crippen LogP contribution is -1.90. The van der Waals surface area contributed by atoms with Gasteiger partial charge in [0.1, 0.15) is 22.4 Å². The van der Waals surface area contributed by atoms with Crippen LogP contribution in [0.15, 0.2) is 60.0 Å². The van der Waals surface area contributed by atoms with Gasteiger partial charge in [0, 0.05) is 21.5 Å². The number of halogens is 1. The summed E-state index contributed by atoms with van der Waals surface area (Å²) in [7, 11) is 0. The molecule has 0 atom stereocenters. The average molecular weight is 339 g/mol. The van der Waals surface area contributed by atoms with Crippen molar-refractivity contribution in [1.29, 1.82) is 5.26 Å². The van der Waals surface area contributed by atoms with Crippen LogP contribution in [-0.4, -0.2) is 10.1 Å². The molecule has 0 bridgehead atoms. The van der Waals surface area contributed by atoms with Gasteiger partial charge in [-0.3, -0.25) is 0 Å². The Morgan fingerprint density at radius 1 is 1.09 bits per heavy atom. The lowest BCUT2D eigenvalue weighted by Gasteiger charge is -2.02. The van der Waals surface area contributed by atoms with E-state index in [0.717, 1.165) is 5.56 Å². The summed E-state index contributed by atoms with van der Waals surface area (Å²) in [6.07, 6.45) is 0. The first-order valence-corrected chi connectivity index (χ1v) is 8.06. The van der Waals surface area contributed by atoms with Crippen molar-refractivity contribution in [1.82, 2.24) is 4.98 Å². The normalized spacial score (nSPS) is 11.7. The van der Waals surface area contributed by atoms with Gasteiger partial charge in [0.25, 0.3) is 0 Å². The van der Waals surface area contributed by atoms with Gasteiger partial charge in [-0.15, -0.1) is 11.3 Å². The highest BCUT2D eigenvalue weighted by Gasteiger charge is 2.15. The fourth-order valence-electron chi connectivity index (χ4n) is 2.12. The molecular weight excluding hydrogens is 328 g/mol. The molecule has 3 rings (SSSR count). The van der Waals surface area contributed by atoms with Crippen LogP contribution in [-0.2, 0) is 0 Å². The molecule has 0 aliphatic carbocycles. The average Bonchev–Trinajstić information content (AvgIpc) is 3.06. The summed E-state index contributed by atoms with van der Waals surface area (Å²) < 4.78 is 0. The first-order valence-electron chi connectivity index (χ1n) is 6.80. The Bertz CT molecular complexity index is 910. The maximum atomic E-state index is 10.4. The fourth-order valence-corrected chi connectivity index (χ4v) is 3.17. The van der Waals surface area contributed by atoms with Crippen LogP contribution in [0.5, 0.6) is 0 Å². The molecule has 0 saturated carbocycles. The van der Waals surface area contributed by atoms with E-state index in [1.165, 1.54) is 11.3 Å². The van der Waals surface area contributed by atoms with Crippen molar-refractivity contribution < 1.29 is 5.11 Å². The molecule has 0 aliphatic heterocycles. The summed E-state index contributed by atoms with van der Waals surface area (Å²) >= 11 is 7.48. The molecule has 0 saturated heterocycles. The van der Waals surface area contributed by atoms with Crippen LogP contribution in [0.4, 0.5) is 0 Å². The molecular formula is C18H11ClN2OS. The van der Waals surface area contributed by atoms with E-state index in [-0.39, 0.29) is 11.3 Å². The zero-order chi connectivity index (χ0) is 16.2. The Hall–Kier alpha value is -2.61. The van der Waals surface area contributed by atoms with E-state index in [0.29, 0.717) is 21.3 Å². The second-order valence-corrected chi connectivity index (χ2v) is 5.98. The van der Waals surface area contributed by atoms with Gasteiger partial charge in [-0.2, -0.15) is 5.26 Å². The van der Waals surface area contributed by atoms with E-state index in [1.807, 2.05) is 35.7 Å². The zero-order valence-electron chi connectivity index (χ0n) is 11.9. The van der Waals surface area contributed by atoms with Crippen LogP contribution < -0.4 is 0 Å². The Kier molecular flexibility index (Phi) is 4.42. The molecule has 3 nitrogen and oxygen atoms in total. The topological polar surface area (TPSA) is 56.9 Å². The molecule has 1 N–H and O–H groups in total. The minimum absolute atomic E-state index is 0.0758. The van der Waals surface area contributed by atoms with E-state index in [1.54, 1.807) is 30.3 Å². The summed E-state index contributed by atoms with van der Waals surface area (Å²) in [6, 6.07) is 18.4. The predicted molar refractivity (Wildman–Crippen MR) is 94.1 cm³/mol. The highest BCUT2D eigenvalue weighted by Crippen LogP contribution is 2.32. The van der Waals surface area contributed by atoms with E-state index in [2.05, 4.69) is 4.98 Å². The molecule has 1 heterocycles. The summed E-state index contributed by atoms with van der Waals surface area (Å²) in [5.74, 6) is -0.0758. The first kappa shape index (κ1) is 15.3. The Morgan fingerprint density at radius 3 is 2.48 bits per heavy atom. The van der Waals surface area contributed by atoms with Gasteiger partial charge in [-0.25, -0.2) is 4.98 Å². The number of aliphatic hydroxyl groups is 1. The third kappa shape index (κ3) is 3.11. The molecule has 0 fully saturated rings. The van der Waals surface area contributed by atoms with Crippen molar-refractivity contribution in [2.75, 3.05) is 0 Å². The van der Waals surface area contributed by atoms with Gasteiger partial charge in [0.15, 0.2) is 0 Å². The van der Waals surface area contributed by atoms with Crippen molar-refractivity contribution >= 4 is 34.3 Å². The number of nitriles is 1. The summed E-state index contributed by atoms with van der Waals surface area (Å²) in [5.41, 5.74) is 2.22. The van der Waals surface area contributed by atoms with Crippen LogP contribution in [0, 0.1) is 11.3 Å². The number of hydrogen-bond acceptors (Lipinski definition) is 4. The quantitative estimate of drug-likeness (QED) is 0.513. The smallest absolute Gasteiger partial charge is 0.143 e. The van der Waals surface area contributed by atoms with Crippen LogP contribution in [0.25, 0.3) is 22.6 Å². The standard InChI is InChI=1S/C18H11ClN2OS/c19-15-9-5-4-8-13(15)16-11-23-18(21-16)14(10-20)17(22)12-6-2-1-3-7-12/h1-9,11,22H. The van der Waals surface area contributed by atoms with Crippen molar-refractivity contribution in [2.45, 2.75) is 0 Å². The second kappa shape index (κ2) is 6.66. The summed E-state index contributed by atoms with van der Waals surface area (Å²) in [4.78, 5) is 4.45. The minimum atomic E-state index is -0.0758. The van der Waals surface area contributed by atoms with E-state index in [4.69, 9.17) is 11.6 Å². The number of nitrogens with zero attached hydrogens (tertiary/aromatic N) is 2. The number of allylic oxidation sites excluding steroid dienone is 1. The number of aliphatic hydroxyl groups excluding tert-OH is 1. The minimum Gasteiger partial charge on any atom is -0.506 e. The first-order chi connectivity index (χ1) is 11.2. The molecule has 2 aromatic carbocycles. The molecule has 0 unspecified atom stereocenters. The van der Waals surface area contributed by atoms with Crippen molar-refractivity contribution in [2.24, 2.45) is 0 Å². The summed E-state index contributed by atoms with van der Waals surface area (Å²) in [6.45, 7) is 0. The lowest BCUT2D eigenvalue weighted by molar-refractivity contribution is 0.514. The fraction of sp³-hybridized carbons (Fsp3) is 0. The molecule has 23 heavy (non-hydrogen) atoms. The third-order valence-corrected chi connectivity index (χ3v) is 4.45. The van der Waals surface area contributed by atoms with Crippen LogP contribution in [0.2, 0.25) is 5.02 Å². The summed E-state index contributed by atoms with van der Waals surface area (Å²) in [5, 5.41) is 22.7. The van der Waals surface area contributed by atoms with Gasteiger partial charge in [-0.1, -0.05) is 60.1 Å². The SMILES string of the molecule is N#CC(=C(O)c1ccccc1)c1nc(-c2ccccc2Cl)cs1. The lowest BCUT2D eigenvalue weighted by atomic mass is 10.1. The maximum Gasteiger partial charge on any atom is 0.143 e. The highest BCUT2D eigenvalue weighted by molar-refractivity contribution is 7.11. The maximum absolute atomic E-state index is 10.4. The van der Waals surface area contributed by atoms with Crippen molar-refractivity contribution in [3.05, 3.63) is 75.6 Å². The molecule has 1 aromatic heterocycles. The molecule has 0 amide bonds. The van der Waals surface area contributed by atoms with Gasteiger partial charge >= 0.3 is 0 Å². The van der Waals surface area contributed by atoms with Crippen LogP contribution in [0.3, 0.4) is 0 Å². The Balaban J connectivity index is 2.05. The van der Waals surface area contributed by atoms with Gasteiger partial charge in [0.05, 0.1) is 5.69 Å². The zero-order valence-corrected chi connectivity index (χ0v) is 13.5. The third-order valence-electron chi connectivity index (χ3n) is 3.26. The molecule has 112 valence electrons. The largest absolute Gasteiger partial charge is 0.506 e. The molecule has 0 aliphatic rings.